The lowest BCUT2D eigenvalue weighted by Crippen LogP contribution is -2.50. The molecule has 5 heteroatoms. The Hall–Kier alpha value is -1.36. The van der Waals surface area contributed by atoms with Crippen LogP contribution >= 0.6 is 11.3 Å². The minimum Gasteiger partial charge on any atom is -0.342 e. The van der Waals surface area contributed by atoms with Crippen molar-refractivity contribution >= 4 is 23.2 Å². The van der Waals surface area contributed by atoms with Crippen molar-refractivity contribution in [3.63, 3.8) is 0 Å². The molecule has 3 unspecified atom stereocenters. The van der Waals surface area contributed by atoms with Crippen LogP contribution in [-0.2, 0) is 4.79 Å². The first-order valence-electron chi connectivity index (χ1n) is 9.84. The Bertz CT molecular complexity index is 615. The molecular weight excluding hydrogens is 332 g/mol. The zero-order valence-corrected chi connectivity index (χ0v) is 15.7. The standard InChI is InChI=1S/C20H28N2O2S/c23-19(22-11-9-15-5-1-2-6-16(15)13-22)17-7-3-10-21(14-17)20(24)18-8-4-12-25-18/h4,8,12,15-17H,1-3,5-7,9-11,13-14H2. The van der Waals surface area contributed by atoms with Crippen LogP contribution in [0.3, 0.4) is 0 Å². The Morgan fingerprint density at radius 3 is 2.56 bits per heavy atom. The maximum Gasteiger partial charge on any atom is 0.263 e. The van der Waals surface area contributed by atoms with E-state index in [1.165, 1.54) is 43.4 Å². The van der Waals surface area contributed by atoms with E-state index in [2.05, 4.69) is 4.90 Å². The van der Waals surface area contributed by atoms with Gasteiger partial charge in [-0.15, -0.1) is 11.3 Å². The highest BCUT2D eigenvalue weighted by Crippen LogP contribution is 2.36. The quantitative estimate of drug-likeness (QED) is 0.808. The van der Waals surface area contributed by atoms with Gasteiger partial charge < -0.3 is 9.80 Å². The number of fused-ring (bicyclic) bond motifs is 1. The van der Waals surface area contributed by atoms with Gasteiger partial charge in [0.1, 0.15) is 0 Å². The Morgan fingerprint density at radius 2 is 1.76 bits per heavy atom. The molecule has 3 atom stereocenters. The van der Waals surface area contributed by atoms with E-state index in [0.29, 0.717) is 12.5 Å². The second-order valence-corrected chi connectivity index (χ2v) is 8.89. The number of amides is 2. The second-order valence-electron chi connectivity index (χ2n) is 7.95. The Kier molecular flexibility index (Phi) is 5.11. The molecule has 2 saturated heterocycles. The third kappa shape index (κ3) is 3.62. The maximum atomic E-state index is 13.1. The van der Waals surface area contributed by atoms with Gasteiger partial charge in [-0.3, -0.25) is 9.59 Å². The molecule has 0 N–H and O–H groups in total. The van der Waals surface area contributed by atoms with Gasteiger partial charge in [0.05, 0.1) is 10.8 Å². The van der Waals surface area contributed by atoms with Gasteiger partial charge in [-0.1, -0.05) is 25.3 Å². The summed E-state index contributed by atoms with van der Waals surface area (Å²) in [6, 6.07) is 3.80. The highest BCUT2D eigenvalue weighted by Gasteiger charge is 2.37. The monoisotopic (exact) mass is 360 g/mol. The number of nitrogens with zero attached hydrogens (tertiary/aromatic N) is 2. The SMILES string of the molecule is O=C(c1cccs1)N1CCCC(C(=O)N2CCC3CCCCC3C2)C1. The van der Waals surface area contributed by atoms with Crippen molar-refractivity contribution in [1.29, 1.82) is 0 Å². The van der Waals surface area contributed by atoms with E-state index < -0.39 is 0 Å². The third-order valence-electron chi connectivity index (χ3n) is 6.39. The smallest absolute Gasteiger partial charge is 0.263 e. The maximum absolute atomic E-state index is 13.1. The molecule has 2 amide bonds. The van der Waals surface area contributed by atoms with Crippen LogP contribution in [0.4, 0.5) is 0 Å². The van der Waals surface area contributed by atoms with E-state index >= 15 is 0 Å². The first kappa shape index (κ1) is 17.1. The van der Waals surface area contributed by atoms with E-state index in [0.717, 1.165) is 49.2 Å². The molecule has 1 saturated carbocycles. The minimum atomic E-state index is -0.00203. The molecular formula is C20H28N2O2S. The van der Waals surface area contributed by atoms with Crippen molar-refractivity contribution in [3.8, 4) is 0 Å². The fourth-order valence-electron chi connectivity index (χ4n) is 4.98. The fraction of sp³-hybridized carbons (Fsp3) is 0.700. The number of hydrogen-bond acceptors (Lipinski definition) is 3. The fourth-order valence-corrected chi connectivity index (χ4v) is 5.67. The number of piperidine rings is 2. The number of carbonyl (C=O) groups is 2. The Balaban J connectivity index is 1.37. The lowest BCUT2D eigenvalue weighted by molar-refractivity contribution is -0.140. The highest BCUT2D eigenvalue weighted by atomic mass is 32.1. The molecule has 4 rings (SSSR count). The minimum absolute atomic E-state index is 0.00203. The summed E-state index contributed by atoms with van der Waals surface area (Å²) in [7, 11) is 0. The summed E-state index contributed by atoms with van der Waals surface area (Å²) >= 11 is 1.49. The molecule has 0 spiro atoms. The molecule has 2 aliphatic heterocycles. The molecule has 3 fully saturated rings. The van der Waals surface area contributed by atoms with Gasteiger partial charge >= 0.3 is 0 Å². The first-order chi connectivity index (χ1) is 12.2. The molecule has 1 aromatic rings. The lowest BCUT2D eigenvalue weighted by atomic mass is 9.75. The second kappa shape index (κ2) is 7.48. The van der Waals surface area contributed by atoms with Crippen LogP contribution in [0.1, 0.15) is 54.6 Å². The van der Waals surface area contributed by atoms with Crippen molar-refractivity contribution < 1.29 is 9.59 Å². The van der Waals surface area contributed by atoms with Gasteiger partial charge in [0.15, 0.2) is 0 Å². The van der Waals surface area contributed by atoms with Gasteiger partial charge in [0, 0.05) is 26.2 Å². The predicted octanol–water partition coefficient (Wildman–Crippen LogP) is 3.64. The Morgan fingerprint density at radius 1 is 0.920 bits per heavy atom. The van der Waals surface area contributed by atoms with E-state index in [4.69, 9.17) is 0 Å². The molecule has 0 aromatic carbocycles. The van der Waals surface area contributed by atoms with Crippen molar-refractivity contribution in [2.75, 3.05) is 26.2 Å². The van der Waals surface area contributed by atoms with Crippen LogP contribution in [0.15, 0.2) is 17.5 Å². The zero-order valence-electron chi connectivity index (χ0n) is 14.9. The van der Waals surface area contributed by atoms with E-state index in [1.807, 2.05) is 22.4 Å². The average molecular weight is 361 g/mol. The van der Waals surface area contributed by atoms with Gasteiger partial charge in [0.2, 0.25) is 5.91 Å². The molecule has 1 aliphatic carbocycles. The summed E-state index contributed by atoms with van der Waals surface area (Å²) in [6.07, 6.45) is 8.40. The molecule has 136 valence electrons. The summed E-state index contributed by atoms with van der Waals surface area (Å²) in [6.45, 7) is 3.26. The summed E-state index contributed by atoms with van der Waals surface area (Å²) in [5, 5.41) is 1.94. The predicted molar refractivity (Wildman–Crippen MR) is 99.6 cm³/mol. The van der Waals surface area contributed by atoms with Crippen LogP contribution in [0, 0.1) is 17.8 Å². The van der Waals surface area contributed by atoms with Gasteiger partial charge in [-0.25, -0.2) is 0 Å². The molecule has 1 aromatic heterocycles. The largest absolute Gasteiger partial charge is 0.342 e. The summed E-state index contributed by atoms with van der Waals surface area (Å²) < 4.78 is 0. The molecule has 0 radical (unpaired) electrons. The summed E-state index contributed by atoms with van der Waals surface area (Å²) in [5.41, 5.74) is 0. The molecule has 0 bridgehead atoms. The summed E-state index contributed by atoms with van der Waals surface area (Å²) in [4.78, 5) is 30.5. The van der Waals surface area contributed by atoms with Crippen molar-refractivity contribution in [2.24, 2.45) is 17.8 Å². The number of thiophene rings is 1. The van der Waals surface area contributed by atoms with Crippen LogP contribution in [0.25, 0.3) is 0 Å². The van der Waals surface area contributed by atoms with Crippen molar-refractivity contribution in [3.05, 3.63) is 22.4 Å². The van der Waals surface area contributed by atoms with E-state index in [9.17, 15) is 9.59 Å². The van der Waals surface area contributed by atoms with Crippen molar-refractivity contribution in [2.45, 2.75) is 44.9 Å². The molecule has 4 nitrogen and oxygen atoms in total. The number of hydrogen-bond donors (Lipinski definition) is 0. The lowest BCUT2D eigenvalue weighted by Gasteiger charge is -2.43. The van der Waals surface area contributed by atoms with Crippen LogP contribution < -0.4 is 0 Å². The van der Waals surface area contributed by atoms with Crippen LogP contribution in [0.2, 0.25) is 0 Å². The number of carbonyl (C=O) groups excluding carboxylic acids is 2. The first-order valence-corrected chi connectivity index (χ1v) is 10.7. The van der Waals surface area contributed by atoms with Crippen LogP contribution in [0.5, 0.6) is 0 Å². The summed E-state index contributed by atoms with van der Waals surface area (Å²) in [5.74, 6) is 1.96. The highest BCUT2D eigenvalue weighted by molar-refractivity contribution is 7.12. The normalized spacial score (nSPS) is 30.0. The van der Waals surface area contributed by atoms with Crippen molar-refractivity contribution in [1.82, 2.24) is 9.80 Å². The topological polar surface area (TPSA) is 40.6 Å². The number of rotatable bonds is 2. The zero-order chi connectivity index (χ0) is 17.2. The van der Waals surface area contributed by atoms with E-state index in [1.54, 1.807) is 0 Å². The van der Waals surface area contributed by atoms with Gasteiger partial charge in [0.25, 0.3) is 5.91 Å². The molecule has 25 heavy (non-hydrogen) atoms. The van der Waals surface area contributed by atoms with Crippen LogP contribution in [-0.4, -0.2) is 47.8 Å². The molecule has 3 aliphatic rings. The average Bonchev–Trinajstić information content (AvgIpc) is 3.21. The molecule has 3 heterocycles. The van der Waals surface area contributed by atoms with Gasteiger partial charge in [-0.05, 0) is 49.0 Å². The number of likely N-dealkylation sites (tertiary alicyclic amines) is 2. The Labute approximate surface area is 154 Å². The third-order valence-corrected chi connectivity index (χ3v) is 7.25. The van der Waals surface area contributed by atoms with E-state index in [-0.39, 0.29) is 11.8 Å². The van der Waals surface area contributed by atoms with Gasteiger partial charge in [-0.2, -0.15) is 0 Å².